The minimum atomic E-state index is -0.639. The number of nitrogens with zero attached hydrogens (tertiary/aromatic N) is 2. The topological polar surface area (TPSA) is 89.0 Å². The molecule has 0 bridgehead atoms. The molecule has 140 valence electrons. The van der Waals surface area contributed by atoms with Crippen molar-refractivity contribution in [2.75, 3.05) is 0 Å². The van der Waals surface area contributed by atoms with Gasteiger partial charge in [-0.25, -0.2) is 4.79 Å². The average Bonchev–Trinajstić information content (AvgIpc) is 2.74. The third kappa shape index (κ3) is 11.1. The third-order valence-electron chi connectivity index (χ3n) is 3.41. The molecule has 0 radical (unpaired) electrons. The van der Waals surface area contributed by atoms with E-state index in [9.17, 15) is 9.59 Å². The van der Waals surface area contributed by atoms with Crippen LogP contribution in [0.4, 0.5) is 0 Å². The summed E-state index contributed by atoms with van der Waals surface area (Å²) >= 11 is 0. The smallest absolute Gasteiger partial charge is 0.414 e. The number of rotatable bonds is 5. The van der Waals surface area contributed by atoms with E-state index >= 15 is 0 Å². The van der Waals surface area contributed by atoms with Crippen LogP contribution in [-0.4, -0.2) is 34.6 Å². The fourth-order valence-corrected chi connectivity index (χ4v) is 2.16. The number of hydrogen-bond donors (Lipinski definition) is 0. The Morgan fingerprint density at radius 3 is 2.32 bits per heavy atom. The first-order valence-corrected chi connectivity index (χ1v) is 8.35. The van der Waals surface area contributed by atoms with Crippen molar-refractivity contribution in [1.29, 1.82) is 0 Å². The van der Waals surface area contributed by atoms with Gasteiger partial charge in [0.05, 0.1) is 6.42 Å². The second-order valence-electron chi connectivity index (χ2n) is 7.22. The summed E-state index contributed by atoms with van der Waals surface area (Å²) in [4.78, 5) is 24.3. The molecule has 0 aromatic heterocycles. The molecule has 1 rings (SSSR count). The van der Waals surface area contributed by atoms with Crippen molar-refractivity contribution in [3.63, 3.8) is 0 Å². The van der Waals surface area contributed by atoms with Gasteiger partial charge in [0.1, 0.15) is 11.7 Å². The molecular weight excluding hydrogens is 320 g/mol. The van der Waals surface area contributed by atoms with E-state index in [0.29, 0.717) is 18.8 Å². The molecule has 1 aliphatic heterocycles. The first-order chi connectivity index (χ1) is 11.5. The average molecular weight is 350 g/mol. The summed E-state index contributed by atoms with van der Waals surface area (Å²) in [5, 5.41) is 0. The largest absolute Gasteiger partial charge is 0.462 e. The van der Waals surface area contributed by atoms with Crippen LogP contribution in [0.1, 0.15) is 61.3 Å². The Morgan fingerprint density at radius 1 is 1.32 bits per heavy atom. The first-order valence-electron chi connectivity index (χ1n) is 8.35. The van der Waals surface area contributed by atoms with Gasteiger partial charge < -0.3 is 15.0 Å². The molecule has 0 aromatic rings. The molecule has 1 fully saturated rings. The number of esters is 2. The zero-order chi connectivity index (χ0) is 19.6. The lowest BCUT2D eigenvalue weighted by Crippen LogP contribution is -2.28. The van der Waals surface area contributed by atoms with Crippen LogP contribution in [0.3, 0.4) is 0 Å². The Morgan fingerprint density at radius 2 is 1.92 bits per heavy atom. The number of hydrogen-bond acceptors (Lipinski definition) is 4. The Labute approximate surface area is 150 Å². The monoisotopic (exact) mass is 350 g/mol. The van der Waals surface area contributed by atoms with Crippen LogP contribution in [0, 0.1) is 5.92 Å². The normalized spacial score (nSPS) is 18.8. The summed E-state index contributed by atoms with van der Waals surface area (Å²) in [6, 6.07) is 0. The lowest BCUT2D eigenvalue weighted by molar-refractivity contribution is -0.150. The molecule has 1 saturated heterocycles. The van der Waals surface area contributed by atoms with Gasteiger partial charge in [-0.15, -0.1) is 0 Å². The van der Waals surface area contributed by atoms with Crippen LogP contribution >= 0.6 is 0 Å². The van der Waals surface area contributed by atoms with Crippen molar-refractivity contribution in [3.8, 4) is 0 Å². The lowest BCUT2D eigenvalue weighted by Gasteiger charge is -2.21. The molecule has 0 aromatic carbocycles. The van der Waals surface area contributed by atoms with Gasteiger partial charge in [-0.3, -0.25) is 4.79 Å². The highest BCUT2D eigenvalue weighted by Gasteiger charge is 2.29. The molecule has 6 heteroatoms. The molecule has 0 saturated carbocycles. The summed E-state index contributed by atoms with van der Waals surface area (Å²) in [5.74, 6) is -0.410. The van der Waals surface area contributed by atoms with Crippen molar-refractivity contribution in [2.24, 2.45) is 5.92 Å². The zero-order valence-electron chi connectivity index (χ0n) is 16.3. The highest BCUT2D eigenvalue weighted by atomic mass is 16.6. The standard InChI is InChI=1S/C10H16N2O2.C9H14O2/c1-8(2)5-6-10(3,4)14-9(13)7-12-11;1-6(2)4-8-5-9(10)11-7(8)3/h5,7H,6H2,1-4H3;4,7-8H,5H2,1-3H3/t;7-,8?/m.1/s1. The SMILES string of the molecule is CC(C)=CC1CC(=O)O[C@@H]1C.CC(C)=CCC(C)(C)OC(=O)C=[N+]=[N-]. The van der Waals surface area contributed by atoms with E-state index in [2.05, 4.69) is 10.9 Å². The quantitative estimate of drug-likeness (QED) is 0.247. The molecule has 0 spiro atoms. The van der Waals surface area contributed by atoms with E-state index in [0.717, 1.165) is 6.21 Å². The van der Waals surface area contributed by atoms with Crippen LogP contribution in [0.2, 0.25) is 0 Å². The van der Waals surface area contributed by atoms with Crippen LogP contribution in [0.15, 0.2) is 23.3 Å². The van der Waals surface area contributed by atoms with Gasteiger partial charge >= 0.3 is 18.2 Å². The van der Waals surface area contributed by atoms with Crippen molar-refractivity contribution in [3.05, 3.63) is 28.8 Å². The van der Waals surface area contributed by atoms with Crippen LogP contribution in [-0.2, 0) is 19.1 Å². The van der Waals surface area contributed by atoms with Gasteiger partial charge in [0.15, 0.2) is 0 Å². The highest BCUT2D eigenvalue weighted by molar-refractivity contribution is 6.20. The van der Waals surface area contributed by atoms with Crippen LogP contribution in [0.25, 0.3) is 5.53 Å². The Balaban J connectivity index is 0.000000472. The second-order valence-corrected chi connectivity index (χ2v) is 7.22. The van der Waals surface area contributed by atoms with Gasteiger partial charge in [-0.05, 0) is 48.5 Å². The minimum Gasteiger partial charge on any atom is -0.462 e. The van der Waals surface area contributed by atoms with E-state index in [4.69, 9.17) is 15.0 Å². The summed E-state index contributed by atoms with van der Waals surface area (Å²) in [6.07, 6.45) is 6.09. The first kappa shape index (κ1) is 22.8. The summed E-state index contributed by atoms with van der Waals surface area (Å²) in [5.41, 5.74) is 9.96. The lowest BCUT2D eigenvalue weighted by atomic mass is 10.0. The van der Waals surface area contributed by atoms with E-state index in [1.54, 1.807) is 13.8 Å². The molecule has 0 amide bonds. The van der Waals surface area contributed by atoms with Crippen molar-refractivity contribution in [2.45, 2.75) is 73.0 Å². The van der Waals surface area contributed by atoms with Crippen molar-refractivity contribution in [1.82, 2.24) is 0 Å². The molecule has 0 N–H and O–H groups in total. The van der Waals surface area contributed by atoms with Gasteiger partial charge in [0.2, 0.25) is 0 Å². The van der Waals surface area contributed by atoms with Crippen LogP contribution < -0.4 is 0 Å². The maximum absolute atomic E-state index is 11.0. The molecule has 1 unspecified atom stereocenters. The number of carbonyl (C=O) groups excluding carboxylic acids is 2. The van der Waals surface area contributed by atoms with Gasteiger partial charge in [-0.1, -0.05) is 23.3 Å². The number of carbonyl (C=O) groups is 2. The van der Waals surface area contributed by atoms with E-state index in [1.165, 1.54) is 11.1 Å². The molecule has 1 heterocycles. The van der Waals surface area contributed by atoms with Crippen molar-refractivity contribution < 1.29 is 23.9 Å². The maximum Gasteiger partial charge on any atom is 0.414 e. The van der Waals surface area contributed by atoms with E-state index in [-0.39, 0.29) is 12.1 Å². The van der Waals surface area contributed by atoms with E-state index in [1.807, 2.05) is 40.7 Å². The molecule has 25 heavy (non-hydrogen) atoms. The van der Waals surface area contributed by atoms with Crippen LogP contribution in [0.5, 0.6) is 0 Å². The molecule has 1 aliphatic rings. The molecular formula is C19H30N2O4. The van der Waals surface area contributed by atoms with Gasteiger partial charge in [-0.2, -0.15) is 4.79 Å². The minimum absolute atomic E-state index is 0.0670. The number of allylic oxidation sites excluding steroid dienone is 2. The van der Waals surface area contributed by atoms with Gasteiger partial charge in [0, 0.05) is 12.3 Å². The Kier molecular flexibility index (Phi) is 9.69. The maximum atomic E-state index is 11.0. The third-order valence-corrected chi connectivity index (χ3v) is 3.41. The van der Waals surface area contributed by atoms with Crippen molar-refractivity contribution >= 4 is 18.2 Å². The Hall–Kier alpha value is -2.20. The number of ether oxygens (including phenoxy) is 2. The summed E-state index contributed by atoms with van der Waals surface area (Å²) in [6.45, 7) is 13.6. The highest BCUT2D eigenvalue weighted by Crippen LogP contribution is 2.23. The fraction of sp³-hybridized carbons (Fsp3) is 0.632. The van der Waals surface area contributed by atoms with E-state index < -0.39 is 11.6 Å². The summed E-state index contributed by atoms with van der Waals surface area (Å²) in [7, 11) is 0. The Bertz CT molecular complexity index is 576. The molecule has 6 nitrogen and oxygen atoms in total. The predicted molar refractivity (Wildman–Crippen MR) is 97.0 cm³/mol. The summed E-state index contributed by atoms with van der Waals surface area (Å²) < 4.78 is 10.0. The second kappa shape index (κ2) is 10.6. The molecule has 2 atom stereocenters. The van der Waals surface area contributed by atoms with Gasteiger partial charge in [0.25, 0.3) is 0 Å². The number of cyclic esters (lactones) is 1. The fourth-order valence-electron chi connectivity index (χ4n) is 2.16. The predicted octanol–water partition coefficient (Wildman–Crippen LogP) is 3.87. The molecule has 0 aliphatic carbocycles. The zero-order valence-corrected chi connectivity index (χ0v) is 16.3.